The predicted octanol–water partition coefficient (Wildman–Crippen LogP) is 5.69. The van der Waals surface area contributed by atoms with Crippen molar-refractivity contribution in [3.63, 3.8) is 0 Å². The van der Waals surface area contributed by atoms with Crippen LogP contribution in [-0.2, 0) is 4.53 Å². The van der Waals surface area contributed by atoms with E-state index < -0.39 is 8.32 Å². The summed E-state index contributed by atoms with van der Waals surface area (Å²) in [5, 5.41) is 18.1. The van der Waals surface area contributed by atoms with Crippen molar-refractivity contribution in [2.24, 2.45) is 11.1 Å². The highest BCUT2D eigenvalue weighted by Gasteiger charge is 2.45. The Kier molecular flexibility index (Phi) is 8.70. The van der Waals surface area contributed by atoms with Gasteiger partial charge in [-0.15, -0.1) is 5.16 Å². The minimum absolute atomic E-state index is 0.114. The molecule has 0 N–H and O–H groups in total. The minimum Gasteiger partial charge on any atom is -0.438 e. The van der Waals surface area contributed by atoms with Gasteiger partial charge >= 0.3 is 8.32 Å². The van der Waals surface area contributed by atoms with E-state index in [1.54, 1.807) is 0 Å². The molecule has 1 aliphatic carbocycles. The molecule has 1 aliphatic rings. The molecule has 0 spiro atoms. The second-order valence-corrected chi connectivity index (χ2v) is 12.5. The lowest BCUT2D eigenvalue weighted by Gasteiger charge is -2.30. The van der Waals surface area contributed by atoms with Crippen LogP contribution in [-0.4, -0.2) is 14.0 Å². The van der Waals surface area contributed by atoms with Crippen LogP contribution in [0.15, 0.2) is 96.2 Å². The van der Waals surface area contributed by atoms with Crippen molar-refractivity contribution in [3.05, 3.63) is 91.0 Å². The molecule has 0 heterocycles. The molecule has 0 radical (unpaired) electrons. The van der Waals surface area contributed by atoms with Crippen molar-refractivity contribution in [2.45, 2.75) is 57.8 Å². The van der Waals surface area contributed by atoms with E-state index in [1.165, 1.54) is 34.8 Å². The zero-order chi connectivity index (χ0) is 23.5. The number of nitriles is 1. The van der Waals surface area contributed by atoms with Crippen LogP contribution in [0, 0.1) is 17.2 Å². The van der Waals surface area contributed by atoms with Crippen LogP contribution < -0.4 is 15.6 Å². The third kappa shape index (κ3) is 5.84. The number of oxime groups is 1. The largest absolute Gasteiger partial charge is 0.438 e. The molecule has 3 aromatic carbocycles. The fraction of sp³-hybridized carbons (Fsp3) is 0.333. The van der Waals surface area contributed by atoms with E-state index in [4.69, 9.17) is 9.68 Å². The normalized spacial score (nSPS) is 19.0. The lowest BCUT2D eigenvalue weighted by Crippen LogP contribution is -2.68. The summed E-state index contributed by atoms with van der Waals surface area (Å²) in [4.78, 5) is 0. The molecule has 3 nitrogen and oxygen atoms in total. The quantitative estimate of drug-likeness (QED) is 0.275. The summed E-state index contributed by atoms with van der Waals surface area (Å²) in [6, 6.07) is 34.3. The average Bonchev–Trinajstić information content (AvgIpc) is 2.96. The first-order valence-electron chi connectivity index (χ1n) is 12.6. The van der Waals surface area contributed by atoms with Crippen LogP contribution >= 0.6 is 0 Å². The molecular weight excluding hydrogens is 432 g/mol. The molecule has 34 heavy (non-hydrogen) atoms. The van der Waals surface area contributed by atoms with Crippen molar-refractivity contribution < 1.29 is 4.53 Å². The lowest BCUT2D eigenvalue weighted by atomic mass is 9.96. The Labute approximate surface area is 205 Å². The molecule has 0 bridgehead atoms. The first-order chi connectivity index (χ1) is 16.8. The molecule has 3 aromatic rings. The van der Waals surface area contributed by atoms with Gasteiger partial charge in [0, 0.05) is 5.92 Å². The van der Waals surface area contributed by atoms with E-state index in [0.29, 0.717) is 0 Å². The Hall–Kier alpha value is -3.16. The van der Waals surface area contributed by atoms with E-state index in [-0.39, 0.29) is 5.92 Å². The topological polar surface area (TPSA) is 45.4 Å². The van der Waals surface area contributed by atoms with Crippen LogP contribution in [0.5, 0.6) is 0 Å². The monoisotopic (exact) mass is 466 g/mol. The minimum atomic E-state index is -2.85. The highest BCUT2D eigenvalue weighted by atomic mass is 28.4. The van der Waals surface area contributed by atoms with Gasteiger partial charge < -0.3 is 4.53 Å². The summed E-state index contributed by atoms with van der Waals surface area (Å²) in [6.45, 7) is 0. The molecule has 1 fully saturated rings. The molecular formula is C30H34N2OSi. The van der Waals surface area contributed by atoms with Crippen LogP contribution in [0.4, 0.5) is 0 Å². The Morgan fingerprint density at radius 1 is 0.647 bits per heavy atom. The standard InChI is InChI=1S/C30H34N2OSi/c31-25-26-15-7-2-1-3-8-16-27(24-23-26)32-33-34(28-17-9-4-10-18-28,29-19-11-5-12-20-29)30-21-13-6-14-22-30/h4-6,9-14,17-22,26H,1-3,7-8,15-16,23-24H2/b32-27+. The van der Waals surface area contributed by atoms with E-state index in [0.717, 1.165) is 44.2 Å². The van der Waals surface area contributed by atoms with E-state index in [9.17, 15) is 5.26 Å². The lowest BCUT2D eigenvalue weighted by molar-refractivity contribution is 0.344. The maximum atomic E-state index is 9.62. The van der Waals surface area contributed by atoms with Crippen LogP contribution in [0.25, 0.3) is 0 Å². The van der Waals surface area contributed by atoms with Gasteiger partial charge in [0.15, 0.2) is 0 Å². The summed E-state index contributed by atoms with van der Waals surface area (Å²) < 4.78 is 6.84. The predicted molar refractivity (Wildman–Crippen MR) is 143 cm³/mol. The number of benzene rings is 3. The second kappa shape index (κ2) is 12.3. The van der Waals surface area contributed by atoms with Gasteiger partial charge in [-0.25, -0.2) is 0 Å². The van der Waals surface area contributed by atoms with Gasteiger partial charge in [0.05, 0.1) is 11.8 Å². The molecule has 1 atom stereocenters. The highest BCUT2D eigenvalue weighted by Crippen LogP contribution is 2.21. The smallest absolute Gasteiger partial charge is 0.380 e. The number of hydrogen-bond donors (Lipinski definition) is 0. The van der Waals surface area contributed by atoms with Crippen molar-refractivity contribution in [1.29, 1.82) is 5.26 Å². The Morgan fingerprint density at radius 3 is 1.68 bits per heavy atom. The average molecular weight is 467 g/mol. The molecule has 0 aliphatic heterocycles. The van der Waals surface area contributed by atoms with Gasteiger partial charge in [0.1, 0.15) is 0 Å². The third-order valence-electron chi connectivity index (χ3n) is 6.83. The van der Waals surface area contributed by atoms with Gasteiger partial charge in [-0.2, -0.15) is 5.26 Å². The highest BCUT2D eigenvalue weighted by molar-refractivity contribution is 7.07. The Bertz CT molecular complexity index is 980. The zero-order valence-electron chi connectivity index (χ0n) is 19.9. The van der Waals surface area contributed by atoms with Crippen LogP contribution in [0.3, 0.4) is 0 Å². The molecule has 1 unspecified atom stereocenters. The zero-order valence-corrected chi connectivity index (χ0v) is 20.9. The molecule has 174 valence electrons. The van der Waals surface area contributed by atoms with Crippen molar-refractivity contribution in [1.82, 2.24) is 0 Å². The second-order valence-electron chi connectivity index (χ2n) is 9.20. The molecule has 0 saturated heterocycles. The summed E-state index contributed by atoms with van der Waals surface area (Å²) in [5.41, 5.74) is 1.10. The van der Waals surface area contributed by atoms with Crippen molar-refractivity contribution in [2.75, 3.05) is 0 Å². The number of nitrogens with zero attached hydrogens (tertiary/aromatic N) is 2. The first-order valence-corrected chi connectivity index (χ1v) is 14.5. The van der Waals surface area contributed by atoms with Gasteiger partial charge in [0.25, 0.3) is 0 Å². The first kappa shape index (κ1) is 24.0. The number of rotatable bonds is 5. The third-order valence-corrected chi connectivity index (χ3v) is 10.6. The maximum Gasteiger partial charge on any atom is 0.380 e. The summed E-state index contributed by atoms with van der Waals surface area (Å²) in [7, 11) is -2.85. The van der Waals surface area contributed by atoms with Crippen LogP contribution in [0.2, 0.25) is 0 Å². The SMILES string of the molecule is N#CC1CCCCCCC/C(=N\O[Si](c2ccccc2)(c2ccccc2)c2ccccc2)CC1. The van der Waals surface area contributed by atoms with E-state index >= 15 is 0 Å². The Morgan fingerprint density at radius 2 is 1.15 bits per heavy atom. The van der Waals surface area contributed by atoms with Gasteiger partial charge in [-0.3, -0.25) is 0 Å². The molecule has 4 rings (SSSR count). The molecule has 4 heteroatoms. The van der Waals surface area contributed by atoms with Gasteiger partial charge in [-0.05, 0) is 47.7 Å². The van der Waals surface area contributed by atoms with Gasteiger partial charge in [0.2, 0.25) is 0 Å². The fourth-order valence-corrected chi connectivity index (χ4v) is 8.46. The Balaban J connectivity index is 1.76. The summed E-state index contributed by atoms with van der Waals surface area (Å²) >= 11 is 0. The van der Waals surface area contributed by atoms with Crippen molar-refractivity contribution in [3.8, 4) is 6.07 Å². The van der Waals surface area contributed by atoms with Crippen LogP contribution in [0.1, 0.15) is 57.8 Å². The fourth-order valence-electron chi connectivity index (χ4n) is 4.89. The van der Waals surface area contributed by atoms with E-state index in [1.807, 2.05) is 0 Å². The summed E-state index contributed by atoms with van der Waals surface area (Å²) in [5.74, 6) is 0.114. The van der Waals surface area contributed by atoms with Gasteiger partial charge in [-0.1, -0.05) is 117 Å². The number of hydrogen-bond acceptors (Lipinski definition) is 3. The maximum absolute atomic E-state index is 9.62. The molecule has 0 amide bonds. The molecule has 1 saturated carbocycles. The molecule has 0 aromatic heterocycles. The summed E-state index contributed by atoms with van der Waals surface area (Å²) in [6.07, 6.45) is 9.63. The van der Waals surface area contributed by atoms with Crippen molar-refractivity contribution >= 4 is 29.6 Å². The van der Waals surface area contributed by atoms with E-state index in [2.05, 4.69) is 97.1 Å².